The van der Waals surface area contributed by atoms with E-state index in [1.807, 2.05) is 4.90 Å². The maximum atomic E-state index is 12.7. The topological polar surface area (TPSA) is 19.4 Å². The Kier molecular flexibility index (Phi) is 4.06. The number of hydrogen-bond acceptors (Lipinski definition) is 3. The Labute approximate surface area is 122 Å². The van der Waals surface area contributed by atoms with Crippen LogP contribution in [0.25, 0.3) is 0 Å². The number of rotatable bonds is 2. The minimum absolute atomic E-state index is 0.449. The van der Waals surface area contributed by atoms with Crippen LogP contribution in [0.5, 0.6) is 0 Å². The third kappa shape index (κ3) is 3.31. The Morgan fingerprint density at radius 3 is 2.29 bits per heavy atom. The van der Waals surface area contributed by atoms with Gasteiger partial charge in [-0.25, -0.2) is 4.98 Å². The van der Waals surface area contributed by atoms with Gasteiger partial charge in [-0.05, 0) is 50.9 Å². The van der Waals surface area contributed by atoms with E-state index in [4.69, 9.17) is 0 Å². The van der Waals surface area contributed by atoms with Crippen LogP contribution in [-0.4, -0.2) is 42.1 Å². The molecule has 0 N–H and O–H groups in total. The molecule has 2 saturated heterocycles. The molecule has 2 aliphatic heterocycles. The first-order valence-electron chi connectivity index (χ1n) is 7.57. The van der Waals surface area contributed by atoms with E-state index in [0.29, 0.717) is 11.9 Å². The second kappa shape index (κ2) is 5.83. The molecule has 0 radical (unpaired) electrons. The Morgan fingerprint density at radius 1 is 1.00 bits per heavy atom. The largest absolute Gasteiger partial charge is 0.433 e. The lowest BCUT2D eigenvalue weighted by molar-refractivity contribution is -0.141. The van der Waals surface area contributed by atoms with Crippen molar-refractivity contribution < 1.29 is 13.2 Å². The van der Waals surface area contributed by atoms with Gasteiger partial charge in [0.25, 0.3) is 0 Å². The van der Waals surface area contributed by atoms with Gasteiger partial charge in [-0.2, -0.15) is 13.2 Å². The van der Waals surface area contributed by atoms with E-state index in [0.717, 1.165) is 32.0 Å². The summed E-state index contributed by atoms with van der Waals surface area (Å²) < 4.78 is 38.1. The maximum absolute atomic E-state index is 12.7. The standard InChI is InChI=1S/C15H20F3N3/c16-15(17,18)13-4-3-5-14(19-13)21-10-6-12(7-11-21)20-8-1-2-9-20/h3-5,12H,1-2,6-11H2. The molecule has 0 atom stereocenters. The van der Waals surface area contributed by atoms with E-state index < -0.39 is 11.9 Å². The molecule has 0 aliphatic carbocycles. The first-order valence-corrected chi connectivity index (χ1v) is 7.57. The van der Waals surface area contributed by atoms with E-state index in [9.17, 15) is 13.2 Å². The lowest BCUT2D eigenvalue weighted by atomic mass is 10.0. The molecule has 3 nitrogen and oxygen atoms in total. The number of piperidine rings is 1. The van der Waals surface area contributed by atoms with Gasteiger partial charge < -0.3 is 9.80 Å². The fraction of sp³-hybridized carbons (Fsp3) is 0.667. The summed E-state index contributed by atoms with van der Waals surface area (Å²) in [4.78, 5) is 8.28. The molecule has 0 aromatic carbocycles. The van der Waals surface area contributed by atoms with Gasteiger partial charge in [-0.1, -0.05) is 6.07 Å². The van der Waals surface area contributed by atoms with Gasteiger partial charge in [-0.3, -0.25) is 0 Å². The van der Waals surface area contributed by atoms with Gasteiger partial charge in [0, 0.05) is 19.1 Å². The molecule has 3 rings (SSSR count). The molecule has 21 heavy (non-hydrogen) atoms. The molecular weight excluding hydrogens is 279 g/mol. The van der Waals surface area contributed by atoms with Crippen LogP contribution in [0.15, 0.2) is 18.2 Å². The van der Waals surface area contributed by atoms with Crippen LogP contribution in [0.3, 0.4) is 0 Å². The van der Waals surface area contributed by atoms with Crippen molar-refractivity contribution in [2.75, 3.05) is 31.1 Å². The number of anilines is 1. The van der Waals surface area contributed by atoms with Crippen LogP contribution in [0.4, 0.5) is 19.0 Å². The Balaban J connectivity index is 1.64. The highest BCUT2D eigenvalue weighted by atomic mass is 19.4. The molecule has 0 saturated carbocycles. The predicted molar refractivity (Wildman–Crippen MR) is 75.3 cm³/mol. The highest BCUT2D eigenvalue weighted by Gasteiger charge is 2.33. The lowest BCUT2D eigenvalue weighted by Crippen LogP contribution is -2.44. The summed E-state index contributed by atoms with van der Waals surface area (Å²) in [6.07, 6.45) is 0.199. The molecular formula is C15H20F3N3. The number of pyridine rings is 1. The van der Waals surface area contributed by atoms with E-state index >= 15 is 0 Å². The summed E-state index contributed by atoms with van der Waals surface area (Å²) >= 11 is 0. The summed E-state index contributed by atoms with van der Waals surface area (Å²) in [5.41, 5.74) is -0.804. The molecule has 1 aromatic heterocycles. The molecule has 0 bridgehead atoms. The van der Waals surface area contributed by atoms with Crippen molar-refractivity contribution in [1.82, 2.24) is 9.88 Å². The molecule has 3 heterocycles. The number of alkyl halides is 3. The first-order chi connectivity index (χ1) is 10.0. The predicted octanol–water partition coefficient (Wildman–Crippen LogP) is 3.17. The highest BCUT2D eigenvalue weighted by Crippen LogP contribution is 2.30. The van der Waals surface area contributed by atoms with Crippen LogP contribution >= 0.6 is 0 Å². The van der Waals surface area contributed by atoms with Crippen molar-refractivity contribution in [3.63, 3.8) is 0 Å². The zero-order valence-corrected chi connectivity index (χ0v) is 11.9. The number of halogens is 3. The molecule has 6 heteroatoms. The van der Waals surface area contributed by atoms with E-state index in [1.165, 1.54) is 32.0 Å². The number of hydrogen-bond donors (Lipinski definition) is 0. The molecule has 2 fully saturated rings. The third-order valence-electron chi connectivity index (χ3n) is 4.47. The fourth-order valence-electron chi connectivity index (χ4n) is 3.32. The van der Waals surface area contributed by atoms with Crippen molar-refractivity contribution in [2.45, 2.75) is 37.9 Å². The summed E-state index contributed by atoms with van der Waals surface area (Å²) in [6.45, 7) is 3.92. The second-order valence-corrected chi connectivity index (χ2v) is 5.84. The van der Waals surface area contributed by atoms with Crippen molar-refractivity contribution in [3.8, 4) is 0 Å². The Hall–Kier alpha value is -1.30. The van der Waals surface area contributed by atoms with Gasteiger partial charge in [0.1, 0.15) is 11.5 Å². The van der Waals surface area contributed by atoms with Crippen LogP contribution in [0.2, 0.25) is 0 Å². The van der Waals surface area contributed by atoms with E-state index in [2.05, 4.69) is 9.88 Å². The number of likely N-dealkylation sites (tertiary alicyclic amines) is 1. The van der Waals surface area contributed by atoms with Crippen LogP contribution in [-0.2, 0) is 6.18 Å². The molecule has 0 amide bonds. The third-order valence-corrected chi connectivity index (χ3v) is 4.47. The van der Waals surface area contributed by atoms with Crippen LogP contribution < -0.4 is 4.90 Å². The molecule has 0 unspecified atom stereocenters. The summed E-state index contributed by atoms with van der Waals surface area (Å²) in [6, 6.07) is 4.73. The molecule has 0 spiro atoms. The number of aromatic nitrogens is 1. The van der Waals surface area contributed by atoms with Crippen molar-refractivity contribution in [1.29, 1.82) is 0 Å². The van der Waals surface area contributed by atoms with Gasteiger partial charge in [0.05, 0.1) is 0 Å². The minimum Gasteiger partial charge on any atom is -0.356 e. The lowest BCUT2D eigenvalue weighted by Gasteiger charge is -2.37. The van der Waals surface area contributed by atoms with Crippen LogP contribution in [0, 0.1) is 0 Å². The zero-order chi connectivity index (χ0) is 14.9. The smallest absolute Gasteiger partial charge is 0.356 e. The molecule has 2 aliphatic rings. The van der Waals surface area contributed by atoms with E-state index in [1.54, 1.807) is 6.07 Å². The maximum Gasteiger partial charge on any atom is 0.433 e. The van der Waals surface area contributed by atoms with Gasteiger partial charge in [0.2, 0.25) is 0 Å². The highest BCUT2D eigenvalue weighted by molar-refractivity contribution is 5.40. The number of nitrogens with zero attached hydrogens (tertiary/aromatic N) is 3. The van der Waals surface area contributed by atoms with Crippen molar-refractivity contribution in [2.24, 2.45) is 0 Å². The summed E-state index contributed by atoms with van der Waals surface area (Å²) in [5.74, 6) is 0.449. The summed E-state index contributed by atoms with van der Waals surface area (Å²) in [7, 11) is 0. The van der Waals surface area contributed by atoms with Crippen molar-refractivity contribution >= 4 is 5.82 Å². The normalized spacial score (nSPS) is 22.0. The average Bonchev–Trinajstić information content (AvgIpc) is 3.01. The summed E-state index contributed by atoms with van der Waals surface area (Å²) in [5, 5.41) is 0. The monoisotopic (exact) mass is 299 g/mol. The van der Waals surface area contributed by atoms with Crippen molar-refractivity contribution in [3.05, 3.63) is 23.9 Å². The molecule has 116 valence electrons. The van der Waals surface area contributed by atoms with Gasteiger partial charge >= 0.3 is 6.18 Å². The zero-order valence-electron chi connectivity index (χ0n) is 11.9. The average molecular weight is 299 g/mol. The second-order valence-electron chi connectivity index (χ2n) is 5.84. The van der Waals surface area contributed by atoms with Gasteiger partial charge in [0.15, 0.2) is 0 Å². The SMILES string of the molecule is FC(F)(F)c1cccc(N2CCC(N3CCCC3)CC2)n1. The fourth-order valence-corrected chi connectivity index (χ4v) is 3.32. The van der Waals surface area contributed by atoms with E-state index in [-0.39, 0.29) is 0 Å². The Bertz CT molecular complexity index is 475. The molecule has 1 aromatic rings. The first kappa shape index (κ1) is 14.6. The van der Waals surface area contributed by atoms with Gasteiger partial charge in [-0.15, -0.1) is 0 Å². The Morgan fingerprint density at radius 2 is 1.67 bits per heavy atom. The quantitative estimate of drug-likeness (QED) is 0.836. The van der Waals surface area contributed by atoms with Crippen LogP contribution in [0.1, 0.15) is 31.4 Å². The minimum atomic E-state index is -4.37.